The molecule has 118 valence electrons. The number of nitrogens with two attached hydrogens (primary N) is 3. The number of rotatable bonds is 3. The second-order valence-corrected chi connectivity index (χ2v) is 4.54. The van der Waals surface area contributed by atoms with Gasteiger partial charge in [0.05, 0.1) is 23.8 Å². The van der Waals surface area contributed by atoms with Crippen molar-refractivity contribution in [3.05, 3.63) is 28.3 Å². The molecule has 1 aromatic rings. The van der Waals surface area contributed by atoms with Crippen LogP contribution in [0.2, 0.25) is 0 Å². The Bertz CT molecular complexity index is 619. The van der Waals surface area contributed by atoms with Crippen LogP contribution in [0.3, 0.4) is 0 Å². The topological polar surface area (TPSA) is 158 Å². The SMILES string of the molecule is NC(N)=NC(N)=Nc1ccc(N2CCOCC2)c([N+](=O)[O-])c1. The molecule has 0 radical (unpaired) electrons. The molecule has 0 aromatic heterocycles. The third-order valence-electron chi connectivity index (χ3n) is 2.99. The molecular formula is C12H17N7O3. The Morgan fingerprint density at radius 1 is 1.27 bits per heavy atom. The van der Waals surface area contributed by atoms with Gasteiger partial charge in [-0.1, -0.05) is 0 Å². The second kappa shape index (κ2) is 6.72. The van der Waals surface area contributed by atoms with Crippen LogP contribution in [0.1, 0.15) is 0 Å². The molecule has 10 nitrogen and oxygen atoms in total. The number of nitrogens with zero attached hydrogens (tertiary/aromatic N) is 4. The maximum absolute atomic E-state index is 11.3. The molecule has 1 saturated heterocycles. The maximum Gasteiger partial charge on any atom is 0.294 e. The zero-order valence-electron chi connectivity index (χ0n) is 11.8. The van der Waals surface area contributed by atoms with Crippen molar-refractivity contribution in [2.45, 2.75) is 0 Å². The van der Waals surface area contributed by atoms with E-state index in [-0.39, 0.29) is 17.6 Å². The number of anilines is 1. The van der Waals surface area contributed by atoms with Crippen LogP contribution in [0, 0.1) is 10.1 Å². The highest BCUT2D eigenvalue weighted by molar-refractivity contribution is 5.93. The third kappa shape index (κ3) is 3.82. The number of ether oxygens (including phenoxy) is 1. The number of guanidine groups is 2. The van der Waals surface area contributed by atoms with Gasteiger partial charge in [-0.3, -0.25) is 10.1 Å². The van der Waals surface area contributed by atoms with E-state index < -0.39 is 4.92 Å². The van der Waals surface area contributed by atoms with E-state index in [2.05, 4.69) is 9.98 Å². The molecule has 0 aliphatic carbocycles. The smallest absolute Gasteiger partial charge is 0.294 e. The zero-order valence-corrected chi connectivity index (χ0v) is 11.8. The van der Waals surface area contributed by atoms with Crippen molar-refractivity contribution in [2.75, 3.05) is 31.2 Å². The first kappa shape index (κ1) is 15.5. The highest BCUT2D eigenvalue weighted by atomic mass is 16.6. The van der Waals surface area contributed by atoms with Gasteiger partial charge in [0, 0.05) is 19.2 Å². The molecular weight excluding hydrogens is 290 g/mol. The quantitative estimate of drug-likeness (QED) is 0.298. The molecule has 1 aliphatic heterocycles. The van der Waals surface area contributed by atoms with Crippen LogP contribution >= 0.6 is 0 Å². The van der Waals surface area contributed by atoms with E-state index in [9.17, 15) is 10.1 Å². The summed E-state index contributed by atoms with van der Waals surface area (Å²) >= 11 is 0. The van der Waals surface area contributed by atoms with Crippen molar-refractivity contribution < 1.29 is 9.66 Å². The molecule has 0 atom stereocenters. The first-order valence-corrected chi connectivity index (χ1v) is 6.52. The van der Waals surface area contributed by atoms with Gasteiger partial charge in [-0.25, -0.2) is 4.99 Å². The van der Waals surface area contributed by atoms with Crippen LogP contribution in [0.25, 0.3) is 0 Å². The summed E-state index contributed by atoms with van der Waals surface area (Å²) in [6.45, 7) is 2.27. The largest absolute Gasteiger partial charge is 0.378 e. The van der Waals surface area contributed by atoms with Gasteiger partial charge in [-0.2, -0.15) is 4.99 Å². The van der Waals surface area contributed by atoms with Gasteiger partial charge in [0.2, 0.25) is 5.96 Å². The molecule has 22 heavy (non-hydrogen) atoms. The molecule has 0 unspecified atom stereocenters. The number of benzene rings is 1. The van der Waals surface area contributed by atoms with E-state index in [1.165, 1.54) is 6.07 Å². The summed E-state index contributed by atoms with van der Waals surface area (Å²) in [7, 11) is 0. The molecule has 2 rings (SSSR count). The summed E-state index contributed by atoms with van der Waals surface area (Å²) in [4.78, 5) is 20.2. The normalized spacial score (nSPS) is 15.5. The molecule has 1 aromatic carbocycles. The minimum atomic E-state index is -0.458. The maximum atomic E-state index is 11.3. The Morgan fingerprint density at radius 2 is 1.95 bits per heavy atom. The van der Waals surface area contributed by atoms with Gasteiger partial charge < -0.3 is 26.8 Å². The predicted octanol–water partition coefficient (Wildman–Crippen LogP) is -0.349. The second-order valence-electron chi connectivity index (χ2n) is 4.54. The molecule has 0 spiro atoms. The van der Waals surface area contributed by atoms with Crippen molar-refractivity contribution >= 4 is 29.0 Å². The third-order valence-corrected chi connectivity index (χ3v) is 2.99. The minimum Gasteiger partial charge on any atom is -0.378 e. The van der Waals surface area contributed by atoms with E-state index in [4.69, 9.17) is 21.9 Å². The summed E-state index contributed by atoms with van der Waals surface area (Å²) in [6, 6.07) is 4.58. The molecule has 1 heterocycles. The summed E-state index contributed by atoms with van der Waals surface area (Å²) in [5.41, 5.74) is 16.7. The fraction of sp³-hybridized carbons (Fsp3) is 0.333. The molecule has 6 N–H and O–H groups in total. The van der Waals surface area contributed by atoms with Gasteiger partial charge in [-0.15, -0.1) is 0 Å². The van der Waals surface area contributed by atoms with Crippen molar-refractivity contribution in [2.24, 2.45) is 27.2 Å². The predicted molar refractivity (Wildman–Crippen MR) is 83.2 cm³/mol. The van der Waals surface area contributed by atoms with Gasteiger partial charge >= 0.3 is 0 Å². The van der Waals surface area contributed by atoms with Gasteiger partial charge in [-0.05, 0) is 12.1 Å². The van der Waals surface area contributed by atoms with Crippen LogP contribution < -0.4 is 22.1 Å². The van der Waals surface area contributed by atoms with Crippen molar-refractivity contribution in [3.63, 3.8) is 0 Å². The highest BCUT2D eigenvalue weighted by Crippen LogP contribution is 2.32. The molecule has 0 bridgehead atoms. The average Bonchev–Trinajstić information content (AvgIpc) is 2.47. The van der Waals surface area contributed by atoms with Gasteiger partial charge in [0.15, 0.2) is 5.96 Å². The molecule has 1 aliphatic rings. The van der Waals surface area contributed by atoms with E-state index in [0.29, 0.717) is 37.7 Å². The number of nitro benzene ring substituents is 1. The van der Waals surface area contributed by atoms with Crippen LogP contribution in [0.5, 0.6) is 0 Å². The van der Waals surface area contributed by atoms with Crippen LogP contribution in [-0.4, -0.2) is 43.1 Å². The summed E-state index contributed by atoms with van der Waals surface area (Å²) in [5.74, 6) is -0.408. The molecule has 1 fully saturated rings. The summed E-state index contributed by atoms with van der Waals surface area (Å²) in [5, 5.41) is 11.3. The standard InChI is InChI=1S/C12H17N7O3/c13-11(14)17-12(15)16-8-1-2-9(10(7-8)19(20)21)18-3-5-22-6-4-18/h1-2,7H,3-6H2,(H6,13,14,15,16,17). The van der Waals surface area contributed by atoms with E-state index in [1.807, 2.05) is 4.90 Å². The minimum absolute atomic E-state index is 0.0550. The van der Waals surface area contributed by atoms with E-state index in [0.717, 1.165) is 0 Å². The van der Waals surface area contributed by atoms with Crippen LogP contribution in [0.15, 0.2) is 28.2 Å². The summed E-state index contributed by atoms with van der Waals surface area (Å²) < 4.78 is 5.25. The first-order valence-electron chi connectivity index (χ1n) is 6.52. The van der Waals surface area contributed by atoms with Crippen molar-refractivity contribution in [1.82, 2.24) is 0 Å². The lowest BCUT2D eigenvalue weighted by Crippen LogP contribution is -2.36. The Kier molecular flexibility index (Phi) is 4.73. The molecule has 0 saturated carbocycles. The molecule has 10 heteroatoms. The van der Waals surface area contributed by atoms with Gasteiger partial charge in [0.1, 0.15) is 5.69 Å². The zero-order chi connectivity index (χ0) is 16.1. The molecule has 0 amide bonds. The lowest BCUT2D eigenvalue weighted by Gasteiger charge is -2.28. The Hall–Kier alpha value is -2.88. The van der Waals surface area contributed by atoms with E-state index in [1.54, 1.807) is 12.1 Å². The van der Waals surface area contributed by atoms with E-state index >= 15 is 0 Å². The number of nitro groups is 1. The number of hydrogen-bond donors (Lipinski definition) is 3. The number of morpholine rings is 1. The Morgan fingerprint density at radius 3 is 2.55 bits per heavy atom. The summed E-state index contributed by atoms with van der Waals surface area (Å²) in [6.07, 6.45) is 0. The fourth-order valence-electron chi connectivity index (χ4n) is 2.09. The Labute approximate surface area is 126 Å². The lowest BCUT2D eigenvalue weighted by molar-refractivity contribution is -0.384. The van der Waals surface area contributed by atoms with Crippen LogP contribution in [0.4, 0.5) is 17.1 Å². The first-order chi connectivity index (χ1) is 10.5. The lowest BCUT2D eigenvalue weighted by atomic mass is 10.2. The Balaban J connectivity index is 2.34. The van der Waals surface area contributed by atoms with Gasteiger partial charge in [0.25, 0.3) is 5.69 Å². The highest BCUT2D eigenvalue weighted by Gasteiger charge is 2.21. The monoisotopic (exact) mass is 307 g/mol. The van der Waals surface area contributed by atoms with Crippen molar-refractivity contribution in [1.29, 1.82) is 0 Å². The fourth-order valence-corrected chi connectivity index (χ4v) is 2.09. The average molecular weight is 307 g/mol. The number of aliphatic imine (C=N–C) groups is 2. The van der Waals surface area contributed by atoms with Crippen molar-refractivity contribution in [3.8, 4) is 0 Å². The van der Waals surface area contributed by atoms with Crippen LogP contribution in [-0.2, 0) is 4.74 Å². The number of hydrogen-bond acceptors (Lipinski definition) is 5.